The fraction of sp³-hybridized carbons (Fsp3) is 0.857. The molecule has 114 valence electrons. The number of hydrogen-bond donors (Lipinski definition) is 1. The Labute approximate surface area is 119 Å². The molecular formula is C14H23NO5. The Morgan fingerprint density at radius 2 is 1.85 bits per heavy atom. The van der Waals surface area contributed by atoms with Crippen LogP contribution in [0, 0.1) is 5.41 Å². The number of carbonyl (C=O) groups excluding carboxylic acids is 2. The Morgan fingerprint density at radius 1 is 1.25 bits per heavy atom. The highest BCUT2D eigenvalue weighted by Crippen LogP contribution is 2.43. The molecule has 0 aromatic rings. The van der Waals surface area contributed by atoms with Gasteiger partial charge in [-0.15, -0.1) is 0 Å². The Balaban J connectivity index is 2.34. The SMILES string of the molecule is CCOC(=O)C1(C(=O)OCC)CCCN2CC(O)CC21. The second kappa shape index (κ2) is 6.10. The number of aliphatic hydroxyl groups excluding tert-OH is 1. The van der Waals surface area contributed by atoms with Gasteiger partial charge in [0.1, 0.15) is 0 Å². The van der Waals surface area contributed by atoms with E-state index in [1.165, 1.54) is 0 Å². The van der Waals surface area contributed by atoms with Crippen molar-refractivity contribution in [2.45, 2.75) is 45.3 Å². The van der Waals surface area contributed by atoms with E-state index in [0.29, 0.717) is 19.4 Å². The van der Waals surface area contributed by atoms with Gasteiger partial charge in [0.05, 0.1) is 19.3 Å². The van der Waals surface area contributed by atoms with Crippen molar-refractivity contribution in [3.8, 4) is 0 Å². The molecule has 1 N–H and O–H groups in total. The van der Waals surface area contributed by atoms with E-state index in [1.54, 1.807) is 13.8 Å². The summed E-state index contributed by atoms with van der Waals surface area (Å²) in [7, 11) is 0. The quantitative estimate of drug-likeness (QED) is 0.592. The third-order valence-corrected chi connectivity index (χ3v) is 4.25. The van der Waals surface area contributed by atoms with Crippen molar-refractivity contribution in [1.82, 2.24) is 4.90 Å². The van der Waals surface area contributed by atoms with Gasteiger partial charge in [-0.05, 0) is 39.7 Å². The number of ether oxygens (including phenoxy) is 2. The summed E-state index contributed by atoms with van der Waals surface area (Å²) < 4.78 is 10.3. The molecule has 0 amide bonds. The highest BCUT2D eigenvalue weighted by Gasteiger charge is 2.60. The maximum Gasteiger partial charge on any atom is 0.325 e. The zero-order valence-corrected chi connectivity index (χ0v) is 12.1. The topological polar surface area (TPSA) is 76.1 Å². The summed E-state index contributed by atoms with van der Waals surface area (Å²) in [4.78, 5) is 26.9. The first-order valence-corrected chi connectivity index (χ1v) is 7.32. The van der Waals surface area contributed by atoms with E-state index in [9.17, 15) is 14.7 Å². The summed E-state index contributed by atoms with van der Waals surface area (Å²) in [6.45, 7) is 5.21. The Morgan fingerprint density at radius 3 is 2.40 bits per heavy atom. The molecule has 0 aromatic carbocycles. The number of hydrogen-bond acceptors (Lipinski definition) is 6. The number of rotatable bonds is 4. The van der Waals surface area contributed by atoms with Crippen molar-refractivity contribution in [2.24, 2.45) is 5.41 Å². The summed E-state index contributed by atoms with van der Waals surface area (Å²) >= 11 is 0. The zero-order chi connectivity index (χ0) is 14.8. The van der Waals surface area contributed by atoms with Crippen LogP contribution in [0.3, 0.4) is 0 Å². The van der Waals surface area contributed by atoms with Crippen molar-refractivity contribution in [3.63, 3.8) is 0 Å². The first kappa shape index (κ1) is 15.3. The lowest BCUT2D eigenvalue weighted by atomic mass is 9.72. The van der Waals surface area contributed by atoms with Crippen LogP contribution in [0.25, 0.3) is 0 Å². The molecule has 0 spiro atoms. The molecule has 2 unspecified atom stereocenters. The Kier molecular flexibility index (Phi) is 4.65. The molecule has 2 aliphatic rings. The summed E-state index contributed by atoms with van der Waals surface area (Å²) in [6.07, 6.45) is 1.07. The number of piperidine rings is 1. The maximum atomic E-state index is 12.5. The smallest absolute Gasteiger partial charge is 0.325 e. The number of carbonyl (C=O) groups is 2. The molecule has 0 bridgehead atoms. The Bertz CT molecular complexity index is 366. The standard InChI is InChI=1S/C14H23NO5/c1-3-19-12(17)14(13(18)20-4-2)6-5-7-15-9-10(16)8-11(14)15/h10-11,16H,3-9H2,1-2H3. The molecule has 2 fully saturated rings. The zero-order valence-electron chi connectivity index (χ0n) is 12.1. The molecule has 6 nitrogen and oxygen atoms in total. The minimum absolute atomic E-state index is 0.231. The van der Waals surface area contributed by atoms with Crippen LogP contribution in [-0.4, -0.2) is 60.4 Å². The van der Waals surface area contributed by atoms with Crippen molar-refractivity contribution in [2.75, 3.05) is 26.3 Å². The van der Waals surface area contributed by atoms with Gasteiger partial charge in [0, 0.05) is 12.6 Å². The van der Waals surface area contributed by atoms with Gasteiger partial charge < -0.3 is 14.6 Å². The number of esters is 2. The number of fused-ring (bicyclic) bond motifs is 1. The molecule has 2 rings (SSSR count). The molecule has 6 heteroatoms. The van der Waals surface area contributed by atoms with Crippen molar-refractivity contribution in [1.29, 1.82) is 0 Å². The van der Waals surface area contributed by atoms with Gasteiger partial charge in [-0.25, -0.2) is 0 Å². The van der Waals surface area contributed by atoms with Crippen LogP contribution in [0.15, 0.2) is 0 Å². The monoisotopic (exact) mass is 285 g/mol. The van der Waals surface area contributed by atoms with E-state index in [2.05, 4.69) is 0 Å². The predicted molar refractivity (Wildman–Crippen MR) is 70.9 cm³/mol. The lowest BCUT2D eigenvalue weighted by molar-refractivity contribution is -0.180. The molecule has 20 heavy (non-hydrogen) atoms. The lowest BCUT2D eigenvalue weighted by Gasteiger charge is -2.42. The van der Waals surface area contributed by atoms with Gasteiger partial charge >= 0.3 is 11.9 Å². The van der Waals surface area contributed by atoms with Crippen LogP contribution in [0.4, 0.5) is 0 Å². The van der Waals surface area contributed by atoms with E-state index in [0.717, 1.165) is 13.0 Å². The van der Waals surface area contributed by atoms with E-state index < -0.39 is 23.5 Å². The van der Waals surface area contributed by atoms with Crippen LogP contribution in [-0.2, 0) is 19.1 Å². The molecule has 0 radical (unpaired) electrons. The predicted octanol–water partition coefficient (Wildman–Crippen LogP) is 0.328. The van der Waals surface area contributed by atoms with Crippen molar-refractivity contribution >= 4 is 11.9 Å². The minimum atomic E-state index is -1.28. The Hall–Kier alpha value is -1.14. The summed E-state index contributed by atoms with van der Waals surface area (Å²) in [6, 6.07) is -0.315. The fourth-order valence-corrected chi connectivity index (χ4v) is 3.45. The average molecular weight is 285 g/mol. The molecule has 2 heterocycles. The summed E-state index contributed by atoms with van der Waals surface area (Å²) in [5.74, 6) is -1.02. The molecule has 2 aliphatic heterocycles. The fourth-order valence-electron chi connectivity index (χ4n) is 3.45. The third-order valence-electron chi connectivity index (χ3n) is 4.25. The van der Waals surface area contributed by atoms with E-state index >= 15 is 0 Å². The molecule has 0 aliphatic carbocycles. The average Bonchev–Trinajstić information content (AvgIpc) is 2.79. The highest BCUT2D eigenvalue weighted by atomic mass is 16.6. The highest BCUT2D eigenvalue weighted by molar-refractivity contribution is 6.01. The maximum absolute atomic E-state index is 12.5. The number of aliphatic hydroxyl groups is 1. The minimum Gasteiger partial charge on any atom is -0.465 e. The van der Waals surface area contributed by atoms with E-state index in [4.69, 9.17) is 9.47 Å². The summed E-state index contributed by atoms with van der Waals surface area (Å²) in [5.41, 5.74) is -1.28. The number of nitrogens with zero attached hydrogens (tertiary/aromatic N) is 1. The van der Waals surface area contributed by atoms with Crippen LogP contribution in [0.1, 0.15) is 33.1 Å². The molecule has 2 atom stereocenters. The normalized spacial score (nSPS) is 28.8. The second-order valence-corrected chi connectivity index (χ2v) is 5.42. The van der Waals surface area contributed by atoms with Crippen LogP contribution in [0.2, 0.25) is 0 Å². The lowest BCUT2D eigenvalue weighted by Crippen LogP contribution is -2.58. The molecule has 0 aromatic heterocycles. The largest absolute Gasteiger partial charge is 0.465 e. The third kappa shape index (κ3) is 2.42. The van der Waals surface area contributed by atoms with Gasteiger partial charge in [0.25, 0.3) is 0 Å². The van der Waals surface area contributed by atoms with Gasteiger partial charge in [-0.2, -0.15) is 0 Å². The summed E-state index contributed by atoms with van der Waals surface area (Å²) in [5, 5.41) is 9.87. The van der Waals surface area contributed by atoms with Gasteiger partial charge in [0.15, 0.2) is 5.41 Å². The van der Waals surface area contributed by atoms with Gasteiger partial charge in [-0.3, -0.25) is 14.5 Å². The first-order valence-electron chi connectivity index (χ1n) is 7.32. The first-order chi connectivity index (χ1) is 9.56. The second-order valence-electron chi connectivity index (χ2n) is 5.42. The van der Waals surface area contributed by atoms with Crippen molar-refractivity contribution in [3.05, 3.63) is 0 Å². The van der Waals surface area contributed by atoms with Gasteiger partial charge in [-0.1, -0.05) is 0 Å². The van der Waals surface area contributed by atoms with Gasteiger partial charge in [0.2, 0.25) is 0 Å². The van der Waals surface area contributed by atoms with E-state index in [-0.39, 0.29) is 19.3 Å². The van der Waals surface area contributed by atoms with Crippen LogP contribution < -0.4 is 0 Å². The molecular weight excluding hydrogens is 262 g/mol. The van der Waals surface area contributed by atoms with Crippen molar-refractivity contribution < 1.29 is 24.2 Å². The van der Waals surface area contributed by atoms with Crippen LogP contribution in [0.5, 0.6) is 0 Å². The van der Waals surface area contributed by atoms with E-state index in [1.807, 2.05) is 4.90 Å². The van der Waals surface area contributed by atoms with Crippen LogP contribution >= 0.6 is 0 Å². The molecule has 0 saturated carbocycles. The molecule has 2 saturated heterocycles.